The van der Waals surface area contributed by atoms with Crippen LogP contribution in [0.3, 0.4) is 0 Å². The van der Waals surface area contributed by atoms with E-state index in [9.17, 15) is 0 Å². The molecule has 3 aliphatic rings. The van der Waals surface area contributed by atoms with Gasteiger partial charge in [0.15, 0.2) is 0 Å². The molecule has 0 saturated carbocycles. The molecule has 0 radical (unpaired) electrons. The molecule has 1 saturated heterocycles. The van der Waals surface area contributed by atoms with Crippen molar-refractivity contribution in [3.8, 4) is 0 Å². The molecule has 0 spiro atoms. The van der Waals surface area contributed by atoms with Gasteiger partial charge >= 0.3 is 0 Å². The molecular formula is C20H29N. The summed E-state index contributed by atoms with van der Waals surface area (Å²) in [6.45, 7) is 2.54. The summed E-state index contributed by atoms with van der Waals surface area (Å²) in [5.74, 6) is 1.66. The smallest absolute Gasteiger partial charge is 0.00159 e. The van der Waals surface area contributed by atoms with Gasteiger partial charge in [-0.3, -0.25) is 0 Å². The first-order valence-electron chi connectivity index (χ1n) is 8.77. The van der Waals surface area contributed by atoms with Crippen molar-refractivity contribution in [1.82, 2.24) is 4.90 Å². The highest BCUT2D eigenvalue weighted by atomic mass is 15.1. The third-order valence-electron chi connectivity index (χ3n) is 5.47. The van der Waals surface area contributed by atoms with E-state index in [2.05, 4.69) is 48.4 Å². The van der Waals surface area contributed by atoms with Crippen LogP contribution in [0.5, 0.6) is 0 Å². The second kappa shape index (κ2) is 7.26. The molecule has 0 amide bonds. The molecule has 0 aromatic heterocycles. The lowest BCUT2D eigenvalue weighted by Gasteiger charge is -2.27. The van der Waals surface area contributed by atoms with Gasteiger partial charge in [-0.25, -0.2) is 0 Å². The summed E-state index contributed by atoms with van der Waals surface area (Å²) in [5, 5.41) is 0. The number of hydrogen-bond acceptors (Lipinski definition) is 1. The Morgan fingerprint density at radius 3 is 2.57 bits per heavy atom. The summed E-state index contributed by atoms with van der Waals surface area (Å²) in [5.41, 5.74) is 3.26. The van der Waals surface area contributed by atoms with Crippen LogP contribution in [0.4, 0.5) is 0 Å². The van der Waals surface area contributed by atoms with Crippen LogP contribution in [0.2, 0.25) is 0 Å². The van der Waals surface area contributed by atoms with Gasteiger partial charge in [-0.15, -0.1) is 0 Å². The van der Waals surface area contributed by atoms with Gasteiger partial charge in [-0.05, 0) is 75.2 Å². The van der Waals surface area contributed by atoms with Gasteiger partial charge in [0.1, 0.15) is 0 Å². The third kappa shape index (κ3) is 3.77. The van der Waals surface area contributed by atoms with E-state index in [1.54, 1.807) is 11.1 Å². The van der Waals surface area contributed by atoms with Crippen molar-refractivity contribution in [2.75, 3.05) is 20.1 Å². The lowest BCUT2D eigenvalue weighted by Crippen LogP contribution is -2.19. The molecule has 0 bridgehead atoms. The standard InChI is InChI=1S/C20H29N/c1-21-15-13-18-11-7-4-6-10-17-9-5-2-3-8-12-19(17)20(18)14-16-21/h2-3,5,8-9,12,18,20H,4,6-7,10-11,13-16H2,1H3/b3-2-,5-2?,8-3?,9-5-,12-8-,17-9?,19-12?,19-17-. The van der Waals surface area contributed by atoms with E-state index in [1.165, 1.54) is 58.0 Å². The van der Waals surface area contributed by atoms with E-state index >= 15 is 0 Å². The second-order valence-electron chi connectivity index (χ2n) is 6.93. The quantitative estimate of drug-likeness (QED) is 0.612. The molecule has 3 rings (SSSR count). The van der Waals surface area contributed by atoms with Gasteiger partial charge in [-0.1, -0.05) is 49.3 Å². The zero-order valence-electron chi connectivity index (χ0n) is 13.4. The van der Waals surface area contributed by atoms with Gasteiger partial charge in [-0.2, -0.15) is 0 Å². The molecule has 0 aromatic carbocycles. The van der Waals surface area contributed by atoms with Gasteiger partial charge in [0, 0.05) is 0 Å². The largest absolute Gasteiger partial charge is 0.306 e. The van der Waals surface area contributed by atoms with Crippen LogP contribution < -0.4 is 0 Å². The molecule has 1 heteroatoms. The zero-order valence-corrected chi connectivity index (χ0v) is 13.4. The van der Waals surface area contributed by atoms with Gasteiger partial charge < -0.3 is 4.90 Å². The van der Waals surface area contributed by atoms with Crippen LogP contribution in [0.15, 0.2) is 47.6 Å². The Kier molecular flexibility index (Phi) is 5.13. The highest BCUT2D eigenvalue weighted by Gasteiger charge is 2.28. The zero-order chi connectivity index (χ0) is 14.5. The Morgan fingerprint density at radius 2 is 1.67 bits per heavy atom. The van der Waals surface area contributed by atoms with Gasteiger partial charge in [0.2, 0.25) is 0 Å². The van der Waals surface area contributed by atoms with E-state index in [0.29, 0.717) is 0 Å². The molecule has 2 atom stereocenters. The molecule has 1 nitrogen and oxygen atoms in total. The summed E-state index contributed by atoms with van der Waals surface area (Å²) in [4.78, 5) is 2.53. The van der Waals surface area contributed by atoms with Crippen LogP contribution in [-0.4, -0.2) is 25.0 Å². The molecule has 1 heterocycles. The van der Waals surface area contributed by atoms with Crippen molar-refractivity contribution >= 4 is 0 Å². The summed E-state index contributed by atoms with van der Waals surface area (Å²) < 4.78 is 0. The third-order valence-corrected chi connectivity index (χ3v) is 5.47. The Labute approximate surface area is 130 Å². The Hall–Kier alpha value is -1.08. The fraction of sp³-hybridized carbons (Fsp3) is 0.600. The lowest BCUT2D eigenvalue weighted by atomic mass is 9.77. The molecule has 1 fully saturated rings. The van der Waals surface area contributed by atoms with Gasteiger partial charge in [0.05, 0.1) is 0 Å². The highest BCUT2D eigenvalue weighted by molar-refractivity contribution is 5.40. The monoisotopic (exact) mass is 283 g/mol. The summed E-state index contributed by atoms with van der Waals surface area (Å²) in [7, 11) is 2.29. The summed E-state index contributed by atoms with van der Waals surface area (Å²) in [6.07, 6.45) is 23.2. The average Bonchev–Trinajstić information content (AvgIpc) is 2.59. The van der Waals surface area contributed by atoms with Crippen LogP contribution in [-0.2, 0) is 0 Å². The molecule has 114 valence electrons. The van der Waals surface area contributed by atoms with E-state index < -0.39 is 0 Å². The minimum atomic E-state index is 0.774. The Morgan fingerprint density at radius 1 is 0.857 bits per heavy atom. The van der Waals surface area contributed by atoms with Crippen molar-refractivity contribution in [1.29, 1.82) is 0 Å². The molecular weight excluding hydrogens is 254 g/mol. The highest BCUT2D eigenvalue weighted by Crippen LogP contribution is 2.38. The van der Waals surface area contributed by atoms with Crippen molar-refractivity contribution in [2.45, 2.75) is 44.9 Å². The minimum Gasteiger partial charge on any atom is -0.306 e. The van der Waals surface area contributed by atoms with Crippen LogP contribution >= 0.6 is 0 Å². The van der Waals surface area contributed by atoms with Crippen molar-refractivity contribution in [3.63, 3.8) is 0 Å². The molecule has 2 aliphatic carbocycles. The first-order valence-corrected chi connectivity index (χ1v) is 8.77. The number of nitrogens with zero attached hydrogens (tertiary/aromatic N) is 1. The molecule has 1 aliphatic heterocycles. The number of allylic oxidation sites excluding steroid dienone is 8. The topological polar surface area (TPSA) is 3.24 Å². The maximum atomic E-state index is 2.53. The van der Waals surface area contributed by atoms with Crippen LogP contribution in [0, 0.1) is 11.8 Å². The fourth-order valence-corrected chi connectivity index (χ4v) is 4.20. The number of hydrogen-bond donors (Lipinski definition) is 0. The van der Waals surface area contributed by atoms with Crippen molar-refractivity contribution in [3.05, 3.63) is 47.6 Å². The van der Waals surface area contributed by atoms with E-state index in [4.69, 9.17) is 0 Å². The summed E-state index contributed by atoms with van der Waals surface area (Å²) >= 11 is 0. The lowest BCUT2D eigenvalue weighted by molar-refractivity contribution is 0.329. The minimum absolute atomic E-state index is 0.774. The van der Waals surface area contributed by atoms with Crippen molar-refractivity contribution in [2.24, 2.45) is 11.8 Å². The maximum Gasteiger partial charge on any atom is -0.00159 e. The molecule has 0 N–H and O–H groups in total. The fourth-order valence-electron chi connectivity index (χ4n) is 4.20. The maximum absolute atomic E-state index is 2.53. The first kappa shape index (κ1) is 14.8. The molecule has 2 unspecified atom stereocenters. The van der Waals surface area contributed by atoms with Crippen LogP contribution in [0.1, 0.15) is 44.9 Å². The van der Waals surface area contributed by atoms with Crippen LogP contribution in [0.25, 0.3) is 0 Å². The Balaban J connectivity index is 1.96. The Bertz CT molecular complexity index is 466. The molecule has 21 heavy (non-hydrogen) atoms. The number of likely N-dealkylation sites (tertiary alicyclic amines) is 1. The SMILES string of the molecule is CN1CCC2CCCCCC3=C(/C=C\C=C/C=C\3)C2CC1. The van der Waals surface area contributed by atoms with E-state index in [0.717, 1.165) is 11.8 Å². The van der Waals surface area contributed by atoms with Gasteiger partial charge in [0.25, 0.3) is 0 Å². The second-order valence-corrected chi connectivity index (χ2v) is 6.93. The normalized spacial score (nSPS) is 39.3. The predicted octanol–water partition coefficient (Wildman–Crippen LogP) is 4.89. The van der Waals surface area contributed by atoms with Crippen molar-refractivity contribution < 1.29 is 0 Å². The number of rotatable bonds is 0. The number of fused-ring (bicyclic) bond motifs is 2. The average molecular weight is 283 g/mol. The molecule has 0 aromatic rings. The summed E-state index contributed by atoms with van der Waals surface area (Å²) in [6, 6.07) is 0. The first-order chi connectivity index (χ1) is 10.3. The van der Waals surface area contributed by atoms with E-state index in [-0.39, 0.29) is 0 Å². The predicted molar refractivity (Wildman–Crippen MR) is 91.2 cm³/mol. The van der Waals surface area contributed by atoms with E-state index in [1.807, 2.05) is 0 Å².